The van der Waals surface area contributed by atoms with Gasteiger partial charge in [-0.15, -0.1) is 0 Å². The number of nitrogens with one attached hydrogen (secondary N) is 2. The van der Waals surface area contributed by atoms with Gasteiger partial charge in [-0.25, -0.2) is 0 Å². The molecule has 0 saturated heterocycles. The summed E-state index contributed by atoms with van der Waals surface area (Å²) in [6, 6.07) is 9.69. The average Bonchev–Trinajstić information content (AvgIpc) is 2.81. The van der Waals surface area contributed by atoms with Crippen molar-refractivity contribution in [3.63, 3.8) is 0 Å². The zero-order chi connectivity index (χ0) is 26.5. The molecule has 2 rings (SSSR count). The van der Waals surface area contributed by atoms with Crippen LogP contribution in [0, 0.1) is 0 Å². The van der Waals surface area contributed by atoms with Crippen LogP contribution in [-0.2, 0) is 22.4 Å². The standard InChI is InChI=1S/C22H22Cl4N4O4S2/c23-15-5-13(6-16(24)11-15)9-19(29-33)21(31)27-1-3-35-36-4-2-28-22(32)20(30-34)10-14-7-17(25)12-18(26)8-14/h5-8,11-12,33-34H,1-4,9-10H2,(H,27,31)(H,28,32). The first-order valence-corrected chi connectivity index (χ1v) is 14.3. The van der Waals surface area contributed by atoms with Gasteiger partial charge in [0.25, 0.3) is 11.8 Å². The number of rotatable bonds is 13. The van der Waals surface area contributed by atoms with Crippen LogP contribution in [-0.4, -0.2) is 58.2 Å². The Balaban J connectivity index is 1.63. The topological polar surface area (TPSA) is 123 Å². The van der Waals surface area contributed by atoms with Crippen LogP contribution in [0.5, 0.6) is 0 Å². The Morgan fingerprint density at radius 3 is 1.31 bits per heavy atom. The molecule has 0 aliphatic rings. The molecule has 0 heterocycles. The van der Waals surface area contributed by atoms with E-state index in [0.717, 1.165) is 0 Å². The van der Waals surface area contributed by atoms with Gasteiger partial charge in [-0.3, -0.25) is 9.59 Å². The Morgan fingerprint density at radius 2 is 1.00 bits per heavy atom. The molecule has 0 bridgehead atoms. The minimum absolute atomic E-state index is 0.0601. The van der Waals surface area contributed by atoms with Crippen molar-refractivity contribution in [2.75, 3.05) is 24.6 Å². The normalized spacial score (nSPS) is 11.9. The Morgan fingerprint density at radius 1 is 0.667 bits per heavy atom. The predicted octanol–water partition coefficient (Wildman–Crippen LogP) is 5.36. The van der Waals surface area contributed by atoms with Crippen LogP contribution < -0.4 is 10.6 Å². The third kappa shape index (κ3) is 11.1. The highest BCUT2D eigenvalue weighted by molar-refractivity contribution is 8.76. The lowest BCUT2D eigenvalue weighted by Gasteiger charge is -2.08. The smallest absolute Gasteiger partial charge is 0.269 e. The minimum Gasteiger partial charge on any atom is -0.410 e. The molecule has 0 aliphatic carbocycles. The van der Waals surface area contributed by atoms with Gasteiger partial charge in [0.05, 0.1) is 0 Å². The molecule has 0 unspecified atom stereocenters. The Labute approximate surface area is 236 Å². The van der Waals surface area contributed by atoms with E-state index in [1.165, 1.54) is 21.6 Å². The van der Waals surface area contributed by atoms with Gasteiger partial charge in [-0.05, 0) is 47.5 Å². The number of benzene rings is 2. The Hall–Kier alpha value is -1.82. The van der Waals surface area contributed by atoms with Gasteiger partial charge in [-0.2, -0.15) is 0 Å². The lowest BCUT2D eigenvalue weighted by molar-refractivity contribution is -0.115. The average molecular weight is 612 g/mol. The lowest BCUT2D eigenvalue weighted by Crippen LogP contribution is -2.34. The van der Waals surface area contributed by atoms with Crippen molar-refractivity contribution in [1.29, 1.82) is 0 Å². The largest absolute Gasteiger partial charge is 0.410 e. The van der Waals surface area contributed by atoms with E-state index in [-0.39, 0.29) is 24.3 Å². The number of hydrogen-bond donors (Lipinski definition) is 4. The summed E-state index contributed by atoms with van der Waals surface area (Å²) in [5, 5.41) is 31.6. The van der Waals surface area contributed by atoms with Crippen molar-refractivity contribution in [1.82, 2.24) is 10.6 Å². The van der Waals surface area contributed by atoms with Gasteiger partial charge >= 0.3 is 0 Å². The summed E-state index contributed by atoms with van der Waals surface area (Å²) >= 11 is 23.8. The molecule has 0 spiro atoms. The zero-order valence-corrected chi connectivity index (χ0v) is 23.3. The lowest BCUT2D eigenvalue weighted by atomic mass is 10.1. The van der Waals surface area contributed by atoms with E-state index in [2.05, 4.69) is 20.9 Å². The number of carbonyl (C=O) groups is 2. The fourth-order valence-corrected chi connectivity index (χ4v) is 5.83. The number of nitrogens with zero attached hydrogens (tertiary/aromatic N) is 2. The van der Waals surface area contributed by atoms with E-state index in [4.69, 9.17) is 46.4 Å². The number of hydrogen-bond acceptors (Lipinski definition) is 8. The third-order valence-corrected chi connectivity index (χ3v) is 7.66. The maximum atomic E-state index is 12.2. The van der Waals surface area contributed by atoms with E-state index in [9.17, 15) is 20.0 Å². The van der Waals surface area contributed by atoms with E-state index < -0.39 is 11.8 Å². The second-order valence-electron chi connectivity index (χ2n) is 7.16. The first-order valence-electron chi connectivity index (χ1n) is 10.3. The molecule has 0 saturated carbocycles. The van der Waals surface area contributed by atoms with E-state index in [1.807, 2.05) is 0 Å². The molecule has 0 atom stereocenters. The molecule has 2 aromatic rings. The summed E-state index contributed by atoms with van der Waals surface area (Å²) in [4.78, 5) is 24.5. The molecule has 36 heavy (non-hydrogen) atoms. The van der Waals surface area contributed by atoms with Gasteiger partial charge < -0.3 is 21.0 Å². The zero-order valence-electron chi connectivity index (χ0n) is 18.6. The molecule has 14 heteroatoms. The van der Waals surface area contributed by atoms with E-state index in [1.54, 1.807) is 36.4 Å². The summed E-state index contributed by atoms with van der Waals surface area (Å²) in [5.74, 6) is 0.183. The van der Waals surface area contributed by atoms with Crippen LogP contribution >= 0.6 is 68.0 Å². The van der Waals surface area contributed by atoms with Crippen molar-refractivity contribution in [2.24, 2.45) is 10.3 Å². The fraction of sp³-hybridized carbons (Fsp3) is 0.273. The number of halogens is 4. The third-order valence-electron chi connectivity index (χ3n) is 4.38. The summed E-state index contributed by atoms with van der Waals surface area (Å²) < 4.78 is 0. The van der Waals surface area contributed by atoms with Crippen LogP contribution in [0.15, 0.2) is 46.7 Å². The van der Waals surface area contributed by atoms with Crippen LogP contribution in [0.1, 0.15) is 11.1 Å². The Kier molecular flexibility index (Phi) is 13.6. The highest BCUT2D eigenvalue weighted by atomic mass is 35.5. The summed E-state index contributed by atoms with van der Waals surface area (Å²) in [5.41, 5.74) is 1.17. The molecule has 2 aromatic carbocycles. The highest BCUT2D eigenvalue weighted by Crippen LogP contribution is 2.21. The molecule has 0 aromatic heterocycles. The van der Waals surface area contributed by atoms with Crippen molar-refractivity contribution in [3.05, 3.63) is 67.6 Å². The number of carbonyl (C=O) groups excluding carboxylic acids is 2. The molecular formula is C22H22Cl4N4O4S2. The van der Waals surface area contributed by atoms with Gasteiger partial charge in [-0.1, -0.05) is 78.3 Å². The quantitative estimate of drug-likeness (QED) is 0.0795. The first-order chi connectivity index (χ1) is 17.2. The predicted molar refractivity (Wildman–Crippen MR) is 150 cm³/mol. The molecular weight excluding hydrogens is 590 g/mol. The molecule has 194 valence electrons. The van der Waals surface area contributed by atoms with Gasteiger partial charge in [0.1, 0.15) is 11.4 Å². The molecule has 4 N–H and O–H groups in total. The molecule has 0 fully saturated rings. The Bertz CT molecular complexity index is 1010. The fourth-order valence-electron chi connectivity index (χ4n) is 2.87. The van der Waals surface area contributed by atoms with E-state index in [0.29, 0.717) is 55.8 Å². The molecule has 8 nitrogen and oxygen atoms in total. The van der Waals surface area contributed by atoms with Gasteiger partial charge in [0.15, 0.2) is 0 Å². The minimum atomic E-state index is -0.497. The second-order valence-corrected chi connectivity index (χ2v) is 11.6. The maximum Gasteiger partial charge on any atom is 0.269 e. The van der Waals surface area contributed by atoms with Crippen LogP contribution in [0.25, 0.3) is 0 Å². The summed E-state index contributed by atoms with van der Waals surface area (Å²) in [7, 11) is 3.00. The molecule has 0 aliphatic heterocycles. The van der Waals surface area contributed by atoms with Gasteiger partial charge in [0.2, 0.25) is 0 Å². The monoisotopic (exact) mass is 610 g/mol. The van der Waals surface area contributed by atoms with Crippen molar-refractivity contribution < 1.29 is 20.0 Å². The van der Waals surface area contributed by atoms with Crippen molar-refractivity contribution in [3.8, 4) is 0 Å². The summed E-state index contributed by atoms with van der Waals surface area (Å²) in [6.45, 7) is 0.698. The SMILES string of the molecule is O=C(NCCSSCCNC(=O)C(Cc1cc(Cl)cc(Cl)c1)=NO)C(Cc1cc(Cl)cc(Cl)c1)=NO. The first kappa shape index (κ1) is 30.4. The number of oxime groups is 2. The van der Waals surface area contributed by atoms with Crippen molar-refractivity contribution >= 4 is 91.2 Å². The van der Waals surface area contributed by atoms with Crippen LogP contribution in [0.4, 0.5) is 0 Å². The van der Waals surface area contributed by atoms with Gasteiger partial charge in [0, 0.05) is 57.5 Å². The summed E-state index contributed by atoms with van der Waals surface area (Å²) in [6.07, 6.45) is 0.154. The number of amides is 2. The van der Waals surface area contributed by atoms with Crippen molar-refractivity contribution in [2.45, 2.75) is 12.8 Å². The van der Waals surface area contributed by atoms with E-state index >= 15 is 0 Å². The second kappa shape index (κ2) is 16.1. The van der Waals surface area contributed by atoms with Crippen LogP contribution in [0.2, 0.25) is 20.1 Å². The maximum absolute atomic E-state index is 12.2. The highest BCUT2D eigenvalue weighted by Gasteiger charge is 2.15. The van der Waals surface area contributed by atoms with Crippen LogP contribution in [0.3, 0.4) is 0 Å². The molecule has 2 amide bonds. The molecule has 0 radical (unpaired) electrons.